The highest BCUT2D eigenvalue weighted by Crippen LogP contribution is 2.22. The first-order valence-corrected chi connectivity index (χ1v) is 7.68. The average molecular weight is 333 g/mol. The van der Waals surface area contributed by atoms with Gasteiger partial charge in [-0.1, -0.05) is 18.2 Å². The molecule has 124 valence electrons. The maximum atomic E-state index is 12.4. The highest BCUT2D eigenvalue weighted by atomic mass is 16.5. The zero-order valence-corrected chi connectivity index (χ0v) is 13.8. The lowest BCUT2D eigenvalue weighted by molar-refractivity contribution is 0.0338. The van der Waals surface area contributed by atoms with Crippen LogP contribution in [0.5, 0.6) is 0 Å². The highest BCUT2D eigenvalue weighted by Gasteiger charge is 2.16. The minimum Gasteiger partial charge on any atom is -0.454 e. The minimum atomic E-state index is -0.477. The van der Waals surface area contributed by atoms with E-state index in [1.54, 1.807) is 56.3 Å². The van der Waals surface area contributed by atoms with Crippen LogP contribution < -0.4 is 0 Å². The quantitative estimate of drug-likeness (QED) is 0.674. The van der Waals surface area contributed by atoms with Gasteiger partial charge in [-0.25, -0.2) is 4.79 Å². The number of aromatic nitrogens is 2. The first-order chi connectivity index (χ1) is 12.1. The fourth-order valence-corrected chi connectivity index (χ4v) is 2.35. The van der Waals surface area contributed by atoms with Gasteiger partial charge in [0.2, 0.25) is 11.8 Å². The monoisotopic (exact) mass is 333 g/mol. The van der Waals surface area contributed by atoms with Crippen molar-refractivity contribution in [2.24, 2.45) is 0 Å². The van der Waals surface area contributed by atoms with Crippen molar-refractivity contribution >= 4 is 5.97 Å². The second-order valence-corrected chi connectivity index (χ2v) is 5.49. The summed E-state index contributed by atoms with van der Waals surface area (Å²) in [5, 5.41) is 16.7. The standard InChI is InChI=1S/C19H15N3O3/c1-12(15-6-3-5-14(9-15)11-20)24-19(23)17-8-4-7-16(10-17)18-22-21-13(2)25-18/h3-10,12H,1-2H3. The molecule has 0 fully saturated rings. The molecule has 3 rings (SSSR count). The number of esters is 1. The Labute approximate surface area is 144 Å². The number of rotatable bonds is 4. The highest BCUT2D eigenvalue weighted by molar-refractivity contribution is 5.90. The van der Waals surface area contributed by atoms with Crippen LogP contribution in [0.15, 0.2) is 52.9 Å². The number of carbonyl (C=O) groups is 1. The second-order valence-electron chi connectivity index (χ2n) is 5.49. The first kappa shape index (κ1) is 16.4. The predicted molar refractivity (Wildman–Crippen MR) is 89.5 cm³/mol. The van der Waals surface area contributed by atoms with Gasteiger partial charge in [0.05, 0.1) is 17.2 Å². The Morgan fingerprint density at radius 1 is 1.20 bits per heavy atom. The molecule has 0 amide bonds. The molecule has 0 saturated carbocycles. The van der Waals surface area contributed by atoms with Crippen molar-refractivity contribution in [2.45, 2.75) is 20.0 Å². The van der Waals surface area contributed by atoms with Crippen molar-refractivity contribution in [1.29, 1.82) is 5.26 Å². The molecule has 6 heteroatoms. The summed E-state index contributed by atoms with van der Waals surface area (Å²) in [5.41, 5.74) is 2.32. The summed E-state index contributed by atoms with van der Waals surface area (Å²) in [6, 6.07) is 15.9. The maximum Gasteiger partial charge on any atom is 0.338 e. The molecule has 0 N–H and O–H groups in total. The van der Waals surface area contributed by atoms with Crippen molar-refractivity contribution in [2.75, 3.05) is 0 Å². The van der Waals surface area contributed by atoms with Gasteiger partial charge in [-0.05, 0) is 42.8 Å². The molecular weight excluding hydrogens is 318 g/mol. The van der Waals surface area contributed by atoms with Gasteiger partial charge >= 0.3 is 5.97 Å². The van der Waals surface area contributed by atoms with Gasteiger partial charge in [0.15, 0.2) is 0 Å². The number of nitrogens with zero attached hydrogens (tertiary/aromatic N) is 3. The van der Waals surface area contributed by atoms with Crippen LogP contribution in [0.1, 0.15) is 40.4 Å². The normalized spacial score (nSPS) is 11.6. The van der Waals surface area contributed by atoms with E-state index < -0.39 is 12.1 Å². The smallest absolute Gasteiger partial charge is 0.338 e. The summed E-state index contributed by atoms with van der Waals surface area (Å²) in [7, 11) is 0. The number of ether oxygens (including phenoxy) is 1. The van der Waals surface area contributed by atoms with Crippen molar-refractivity contribution < 1.29 is 13.9 Å². The Hall–Kier alpha value is -3.46. The molecule has 2 aromatic carbocycles. The molecule has 6 nitrogen and oxygen atoms in total. The summed E-state index contributed by atoms with van der Waals surface area (Å²) in [6.45, 7) is 3.46. The third-order valence-electron chi connectivity index (χ3n) is 3.64. The Kier molecular flexibility index (Phi) is 4.57. The van der Waals surface area contributed by atoms with Crippen LogP contribution in [0.3, 0.4) is 0 Å². The third-order valence-corrected chi connectivity index (χ3v) is 3.64. The van der Waals surface area contributed by atoms with Crippen molar-refractivity contribution in [3.8, 4) is 17.5 Å². The zero-order valence-electron chi connectivity index (χ0n) is 13.8. The molecule has 0 aliphatic heterocycles. The van der Waals surface area contributed by atoms with Crippen LogP contribution in [0.2, 0.25) is 0 Å². The number of aryl methyl sites for hydroxylation is 1. The number of carbonyl (C=O) groups excluding carboxylic acids is 1. The summed E-state index contributed by atoms with van der Waals surface area (Å²) in [4.78, 5) is 12.4. The fraction of sp³-hybridized carbons (Fsp3) is 0.158. The van der Waals surface area contributed by atoms with Gasteiger partial charge in [0, 0.05) is 12.5 Å². The Bertz CT molecular complexity index is 956. The molecule has 3 aromatic rings. The maximum absolute atomic E-state index is 12.4. The van der Waals surface area contributed by atoms with Gasteiger partial charge < -0.3 is 9.15 Å². The number of hydrogen-bond acceptors (Lipinski definition) is 6. The molecule has 0 spiro atoms. The Balaban J connectivity index is 1.78. The van der Waals surface area contributed by atoms with Gasteiger partial charge in [-0.2, -0.15) is 5.26 Å². The summed E-state index contributed by atoms with van der Waals surface area (Å²) in [5.74, 6) is 0.337. The van der Waals surface area contributed by atoms with Crippen molar-refractivity contribution in [3.05, 3.63) is 71.1 Å². The molecule has 0 bridgehead atoms. The van der Waals surface area contributed by atoms with Gasteiger partial charge in [0.25, 0.3) is 0 Å². The Morgan fingerprint density at radius 3 is 2.72 bits per heavy atom. The van der Waals surface area contributed by atoms with Crippen LogP contribution >= 0.6 is 0 Å². The van der Waals surface area contributed by atoms with Gasteiger partial charge in [-0.3, -0.25) is 0 Å². The van der Waals surface area contributed by atoms with E-state index in [2.05, 4.69) is 16.3 Å². The molecular formula is C19H15N3O3. The topological polar surface area (TPSA) is 89.0 Å². The van der Waals surface area contributed by atoms with Crippen LogP contribution in [0, 0.1) is 18.3 Å². The molecule has 0 radical (unpaired) electrons. The van der Waals surface area contributed by atoms with Crippen molar-refractivity contribution in [3.63, 3.8) is 0 Å². The second kappa shape index (κ2) is 6.97. The predicted octanol–water partition coefficient (Wildman–Crippen LogP) is 3.83. The van der Waals surface area contributed by atoms with E-state index in [1.807, 2.05) is 6.07 Å². The third kappa shape index (κ3) is 3.72. The molecule has 1 aromatic heterocycles. The van der Waals surface area contributed by atoms with E-state index in [4.69, 9.17) is 14.4 Å². The van der Waals surface area contributed by atoms with Crippen LogP contribution in [-0.2, 0) is 4.74 Å². The number of benzene rings is 2. The summed E-state index contributed by atoms with van der Waals surface area (Å²) >= 11 is 0. The lowest BCUT2D eigenvalue weighted by Crippen LogP contribution is -2.09. The largest absolute Gasteiger partial charge is 0.454 e. The number of nitriles is 1. The SMILES string of the molecule is Cc1nnc(-c2cccc(C(=O)OC(C)c3cccc(C#N)c3)c2)o1. The molecule has 0 saturated heterocycles. The lowest BCUT2D eigenvalue weighted by Gasteiger charge is -2.14. The molecule has 25 heavy (non-hydrogen) atoms. The van der Waals surface area contributed by atoms with E-state index >= 15 is 0 Å². The summed E-state index contributed by atoms with van der Waals surface area (Å²) < 4.78 is 10.9. The van der Waals surface area contributed by atoms with Gasteiger partial charge in [-0.15, -0.1) is 10.2 Å². The molecule has 1 atom stereocenters. The molecule has 0 aliphatic carbocycles. The molecule has 0 aliphatic rings. The zero-order chi connectivity index (χ0) is 17.8. The van der Waals surface area contributed by atoms with Crippen molar-refractivity contribution in [1.82, 2.24) is 10.2 Å². The minimum absolute atomic E-state index is 0.349. The van der Waals surface area contributed by atoms with E-state index in [0.717, 1.165) is 5.56 Å². The molecule has 1 unspecified atom stereocenters. The first-order valence-electron chi connectivity index (χ1n) is 7.68. The Morgan fingerprint density at radius 2 is 2.00 bits per heavy atom. The van der Waals surface area contributed by atoms with Crippen LogP contribution in [0.25, 0.3) is 11.5 Å². The summed E-state index contributed by atoms with van der Waals surface area (Å²) in [6.07, 6.45) is -0.477. The van der Waals surface area contributed by atoms with E-state index in [1.165, 1.54) is 0 Å². The van der Waals surface area contributed by atoms with Gasteiger partial charge in [0.1, 0.15) is 6.10 Å². The van der Waals surface area contributed by atoms with E-state index in [0.29, 0.717) is 28.5 Å². The van der Waals surface area contributed by atoms with Crippen LogP contribution in [-0.4, -0.2) is 16.2 Å². The van der Waals surface area contributed by atoms with Crippen LogP contribution in [0.4, 0.5) is 0 Å². The average Bonchev–Trinajstić information content (AvgIpc) is 3.08. The number of hydrogen-bond donors (Lipinski definition) is 0. The lowest BCUT2D eigenvalue weighted by atomic mass is 10.1. The molecule has 1 heterocycles. The van der Waals surface area contributed by atoms with E-state index in [-0.39, 0.29) is 0 Å². The van der Waals surface area contributed by atoms with E-state index in [9.17, 15) is 4.79 Å². The fourth-order valence-electron chi connectivity index (χ4n) is 2.35.